The molecule has 22 heavy (non-hydrogen) atoms. The van der Waals surface area contributed by atoms with Crippen LogP contribution in [0.3, 0.4) is 0 Å². The lowest BCUT2D eigenvalue weighted by Gasteiger charge is -2.07. The second-order valence-electron chi connectivity index (χ2n) is 4.59. The van der Waals surface area contributed by atoms with E-state index in [-0.39, 0.29) is 5.69 Å². The molecule has 0 aliphatic rings. The van der Waals surface area contributed by atoms with Crippen LogP contribution >= 0.6 is 0 Å². The van der Waals surface area contributed by atoms with Crippen molar-refractivity contribution in [3.63, 3.8) is 0 Å². The van der Waals surface area contributed by atoms with E-state index >= 15 is 0 Å². The van der Waals surface area contributed by atoms with Crippen molar-refractivity contribution in [2.24, 2.45) is 0 Å². The molecule has 0 saturated carbocycles. The van der Waals surface area contributed by atoms with Gasteiger partial charge in [-0.15, -0.1) is 0 Å². The lowest BCUT2D eigenvalue weighted by Crippen LogP contribution is -2.06. The van der Waals surface area contributed by atoms with E-state index in [9.17, 15) is 4.79 Å². The summed E-state index contributed by atoms with van der Waals surface area (Å²) < 4.78 is 1.43. The van der Waals surface area contributed by atoms with Gasteiger partial charge in [0.25, 0.3) is 0 Å². The highest BCUT2D eigenvalue weighted by Crippen LogP contribution is 2.17. The van der Waals surface area contributed by atoms with Crippen molar-refractivity contribution in [2.45, 2.75) is 13.3 Å². The summed E-state index contributed by atoms with van der Waals surface area (Å²) in [5.41, 5.74) is 1.61. The number of carbonyl (C=O) groups is 1. The fraction of sp³-hybridized carbons (Fsp3) is 0.133. The maximum absolute atomic E-state index is 10.9. The molecule has 0 aliphatic carbocycles. The monoisotopic (exact) mass is 295 g/mol. The average Bonchev–Trinajstić information content (AvgIpc) is 3.05. The number of hydrogen-bond donors (Lipinski definition) is 1. The third-order valence-electron chi connectivity index (χ3n) is 3.09. The number of rotatable bonds is 4. The molecule has 0 aliphatic heterocycles. The third kappa shape index (κ3) is 2.69. The van der Waals surface area contributed by atoms with Gasteiger partial charge >= 0.3 is 5.97 Å². The molecule has 0 saturated heterocycles. The summed E-state index contributed by atoms with van der Waals surface area (Å²) in [4.78, 5) is 23.9. The largest absolute Gasteiger partial charge is 0.476 e. The van der Waals surface area contributed by atoms with Crippen LogP contribution in [0.25, 0.3) is 17.2 Å². The Bertz CT molecular complexity index is 814. The Balaban J connectivity index is 2.09. The zero-order valence-electron chi connectivity index (χ0n) is 11.8. The molecule has 3 aromatic heterocycles. The van der Waals surface area contributed by atoms with E-state index in [1.54, 1.807) is 24.7 Å². The molecule has 0 fully saturated rings. The predicted octanol–water partition coefficient (Wildman–Crippen LogP) is 1.98. The third-order valence-corrected chi connectivity index (χ3v) is 3.09. The van der Waals surface area contributed by atoms with Gasteiger partial charge in [0.2, 0.25) is 0 Å². The van der Waals surface area contributed by atoms with Crippen LogP contribution in [0.5, 0.6) is 0 Å². The summed E-state index contributed by atoms with van der Waals surface area (Å²) in [6.07, 6.45) is 5.67. The maximum Gasteiger partial charge on any atom is 0.356 e. The van der Waals surface area contributed by atoms with Gasteiger partial charge in [0.1, 0.15) is 0 Å². The molecule has 0 atom stereocenters. The molecular formula is C15H13N5O2. The Morgan fingerprint density at radius 3 is 2.82 bits per heavy atom. The smallest absolute Gasteiger partial charge is 0.356 e. The topological polar surface area (TPSA) is 93.8 Å². The van der Waals surface area contributed by atoms with Crippen LogP contribution in [-0.4, -0.2) is 35.8 Å². The van der Waals surface area contributed by atoms with Crippen molar-refractivity contribution < 1.29 is 9.90 Å². The number of aromatic carboxylic acids is 1. The van der Waals surface area contributed by atoms with Gasteiger partial charge in [0, 0.05) is 35.9 Å². The van der Waals surface area contributed by atoms with Crippen LogP contribution in [0.15, 0.2) is 42.9 Å². The fourth-order valence-corrected chi connectivity index (χ4v) is 1.97. The van der Waals surface area contributed by atoms with E-state index in [0.717, 1.165) is 17.7 Å². The van der Waals surface area contributed by atoms with E-state index in [0.29, 0.717) is 11.6 Å². The van der Waals surface area contributed by atoms with Crippen molar-refractivity contribution in [3.8, 4) is 17.2 Å². The molecule has 0 unspecified atom stereocenters. The first-order chi connectivity index (χ1) is 10.7. The Labute approximate surface area is 126 Å². The van der Waals surface area contributed by atoms with Crippen molar-refractivity contribution in [1.82, 2.24) is 24.7 Å². The lowest BCUT2D eigenvalue weighted by molar-refractivity contribution is 0.0690. The summed E-state index contributed by atoms with van der Waals surface area (Å²) in [5.74, 6) is -0.0102. The zero-order chi connectivity index (χ0) is 15.5. The highest BCUT2D eigenvalue weighted by molar-refractivity contribution is 5.85. The molecule has 7 heteroatoms. The van der Waals surface area contributed by atoms with Crippen LogP contribution in [0.2, 0.25) is 0 Å². The quantitative estimate of drug-likeness (QED) is 0.791. The molecule has 0 bridgehead atoms. The fourth-order valence-electron chi connectivity index (χ4n) is 1.97. The van der Waals surface area contributed by atoms with Crippen molar-refractivity contribution in [2.75, 3.05) is 0 Å². The Hall–Kier alpha value is -3.09. The summed E-state index contributed by atoms with van der Waals surface area (Å²) in [6.45, 7) is 1.99. The number of pyridine rings is 1. The molecule has 1 N–H and O–H groups in total. The Kier molecular flexibility index (Phi) is 3.61. The summed E-state index contributed by atoms with van der Waals surface area (Å²) in [7, 11) is 0. The highest BCUT2D eigenvalue weighted by Gasteiger charge is 2.11. The number of carboxylic acids is 1. The molecule has 3 heterocycles. The van der Waals surface area contributed by atoms with Crippen molar-refractivity contribution in [1.29, 1.82) is 0 Å². The standard InChI is InChI=1S/C15H13N5O2/c1-2-11-8-13(20-7-5-12(19-20)15(21)22)18-14(17-11)10-4-3-6-16-9-10/h3-9H,2H2,1H3,(H,21,22). The van der Waals surface area contributed by atoms with Crippen LogP contribution in [0.1, 0.15) is 23.1 Å². The van der Waals surface area contributed by atoms with Gasteiger partial charge in [0.05, 0.1) is 0 Å². The normalized spacial score (nSPS) is 10.6. The molecule has 0 amide bonds. The van der Waals surface area contributed by atoms with Crippen LogP contribution < -0.4 is 0 Å². The number of aryl methyl sites for hydroxylation is 1. The first-order valence-electron chi connectivity index (χ1n) is 6.75. The SMILES string of the molecule is CCc1cc(-n2ccc(C(=O)O)n2)nc(-c2cccnc2)n1. The molecule has 0 radical (unpaired) electrons. The van der Waals surface area contributed by atoms with Crippen LogP contribution in [0, 0.1) is 0 Å². The van der Waals surface area contributed by atoms with Gasteiger partial charge in [-0.2, -0.15) is 5.10 Å². The Morgan fingerprint density at radius 1 is 1.32 bits per heavy atom. The minimum atomic E-state index is -1.07. The van der Waals surface area contributed by atoms with Gasteiger partial charge in [-0.05, 0) is 24.6 Å². The van der Waals surface area contributed by atoms with E-state index in [2.05, 4.69) is 20.1 Å². The van der Waals surface area contributed by atoms with E-state index < -0.39 is 5.97 Å². The molecule has 0 aromatic carbocycles. The molecule has 7 nitrogen and oxygen atoms in total. The summed E-state index contributed by atoms with van der Waals surface area (Å²) >= 11 is 0. The molecular weight excluding hydrogens is 282 g/mol. The van der Waals surface area contributed by atoms with Gasteiger partial charge in [-0.1, -0.05) is 6.92 Å². The van der Waals surface area contributed by atoms with Gasteiger partial charge < -0.3 is 5.11 Å². The zero-order valence-corrected chi connectivity index (χ0v) is 11.8. The van der Waals surface area contributed by atoms with Crippen LogP contribution in [-0.2, 0) is 6.42 Å². The van der Waals surface area contributed by atoms with E-state index in [1.165, 1.54) is 10.7 Å². The van der Waals surface area contributed by atoms with Crippen molar-refractivity contribution in [3.05, 3.63) is 54.2 Å². The second kappa shape index (κ2) is 5.72. The number of hydrogen-bond acceptors (Lipinski definition) is 5. The molecule has 110 valence electrons. The van der Waals surface area contributed by atoms with E-state index in [1.807, 2.05) is 19.1 Å². The number of nitrogens with zero attached hydrogens (tertiary/aromatic N) is 5. The Morgan fingerprint density at radius 2 is 2.18 bits per heavy atom. The highest BCUT2D eigenvalue weighted by atomic mass is 16.4. The molecule has 3 rings (SSSR count). The predicted molar refractivity (Wildman–Crippen MR) is 78.7 cm³/mol. The average molecular weight is 295 g/mol. The van der Waals surface area contributed by atoms with E-state index in [4.69, 9.17) is 5.11 Å². The molecule has 0 spiro atoms. The number of aromatic nitrogens is 5. The number of carboxylic acid groups (broad SMARTS) is 1. The molecule has 3 aromatic rings. The van der Waals surface area contributed by atoms with Crippen LogP contribution in [0.4, 0.5) is 0 Å². The lowest BCUT2D eigenvalue weighted by atomic mass is 10.2. The van der Waals surface area contributed by atoms with Gasteiger partial charge in [-0.3, -0.25) is 4.98 Å². The summed E-state index contributed by atoms with van der Waals surface area (Å²) in [5, 5.41) is 13.0. The summed E-state index contributed by atoms with van der Waals surface area (Å²) in [6, 6.07) is 6.91. The minimum Gasteiger partial charge on any atom is -0.476 e. The first-order valence-corrected chi connectivity index (χ1v) is 6.75. The first kappa shape index (κ1) is 13.9. The minimum absolute atomic E-state index is 0.0282. The van der Waals surface area contributed by atoms with Gasteiger partial charge in [-0.25, -0.2) is 19.4 Å². The second-order valence-corrected chi connectivity index (χ2v) is 4.59. The maximum atomic E-state index is 10.9. The van der Waals surface area contributed by atoms with Crippen molar-refractivity contribution >= 4 is 5.97 Å². The van der Waals surface area contributed by atoms with Gasteiger partial charge in [0.15, 0.2) is 17.3 Å².